The number of hydrogen-bond acceptors (Lipinski definition) is 2. The van der Waals surface area contributed by atoms with E-state index in [1.807, 2.05) is 60.7 Å². The fourth-order valence-electron chi connectivity index (χ4n) is 4.77. The highest BCUT2D eigenvalue weighted by Crippen LogP contribution is 2.57. The SMILES string of the molecule is O=C1[C@H]2[C@H](c3ccccc3)C3C=CC2(C=C3)C(=O)N1Cc1ccccc1. The molecule has 1 heterocycles. The van der Waals surface area contributed by atoms with Crippen LogP contribution in [0.5, 0.6) is 0 Å². The number of likely N-dealkylation sites (tertiary alicyclic amines) is 1. The van der Waals surface area contributed by atoms with E-state index in [1.165, 1.54) is 4.90 Å². The minimum Gasteiger partial charge on any atom is -0.277 e. The molecule has 3 aliphatic carbocycles. The first-order valence-electron chi connectivity index (χ1n) is 9.04. The Morgan fingerprint density at radius 2 is 1.46 bits per heavy atom. The van der Waals surface area contributed by atoms with Gasteiger partial charge in [0, 0.05) is 11.8 Å². The van der Waals surface area contributed by atoms with Crippen molar-refractivity contribution in [2.24, 2.45) is 17.3 Å². The Morgan fingerprint density at radius 1 is 0.846 bits per heavy atom. The minimum atomic E-state index is -0.818. The van der Waals surface area contributed by atoms with Gasteiger partial charge < -0.3 is 0 Å². The van der Waals surface area contributed by atoms with Crippen LogP contribution in [0.15, 0.2) is 85.0 Å². The van der Waals surface area contributed by atoms with Gasteiger partial charge in [0.05, 0.1) is 17.9 Å². The molecule has 128 valence electrons. The first kappa shape index (κ1) is 15.3. The van der Waals surface area contributed by atoms with E-state index in [9.17, 15) is 9.59 Å². The Morgan fingerprint density at radius 3 is 2.12 bits per heavy atom. The van der Waals surface area contributed by atoms with Crippen molar-refractivity contribution in [1.82, 2.24) is 4.90 Å². The second-order valence-electron chi connectivity index (χ2n) is 7.36. The lowest BCUT2D eigenvalue weighted by molar-refractivity contribution is -0.141. The third-order valence-corrected chi connectivity index (χ3v) is 5.99. The summed E-state index contributed by atoms with van der Waals surface area (Å²) in [6.07, 6.45) is 8.14. The molecule has 1 fully saturated rings. The topological polar surface area (TPSA) is 37.4 Å². The van der Waals surface area contributed by atoms with E-state index in [1.54, 1.807) is 0 Å². The maximum atomic E-state index is 13.4. The molecule has 2 atom stereocenters. The van der Waals surface area contributed by atoms with E-state index in [-0.39, 0.29) is 29.6 Å². The number of carbonyl (C=O) groups is 2. The Labute approximate surface area is 152 Å². The zero-order chi connectivity index (χ0) is 17.7. The van der Waals surface area contributed by atoms with E-state index in [0.29, 0.717) is 6.54 Å². The summed E-state index contributed by atoms with van der Waals surface area (Å²) >= 11 is 0. The fraction of sp³-hybridized carbons (Fsp3) is 0.217. The van der Waals surface area contributed by atoms with Crippen LogP contribution in [0.25, 0.3) is 0 Å². The molecule has 0 saturated carbocycles. The van der Waals surface area contributed by atoms with Crippen molar-refractivity contribution >= 4 is 11.8 Å². The molecule has 0 radical (unpaired) electrons. The van der Waals surface area contributed by atoms with E-state index in [0.717, 1.165) is 11.1 Å². The smallest absolute Gasteiger partial charge is 0.244 e. The van der Waals surface area contributed by atoms with Crippen LogP contribution in [0.4, 0.5) is 0 Å². The number of benzene rings is 2. The van der Waals surface area contributed by atoms with E-state index < -0.39 is 5.41 Å². The van der Waals surface area contributed by atoms with Crippen molar-refractivity contribution in [1.29, 1.82) is 0 Å². The average Bonchev–Trinajstić information content (AvgIpc) is 2.92. The van der Waals surface area contributed by atoms with Crippen LogP contribution in [0.1, 0.15) is 17.0 Å². The monoisotopic (exact) mass is 341 g/mol. The molecule has 0 N–H and O–H groups in total. The van der Waals surface area contributed by atoms with Gasteiger partial charge in [-0.25, -0.2) is 0 Å². The van der Waals surface area contributed by atoms with Crippen molar-refractivity contribution in [2.45, 2.75) is 12.5 Å². The second kappa shape index (κ2) is 5.53. The molecular formula is C23H19NO2. The fourth-order valence-corrected chi connectivity index (χ4v) is 4.77. The van der Waals surface area contributed by atoms with Crippen molar-refractivity contribution < 1.29 is 9.59 Å². The molecule has 1 saturated heterocycles. The molecule has 2 aromatic carbocycles. The predicted molar refractivity (Wildman–Crippen MR) is 98.9 cm³/mol. The van der Waals surface area contributed by atoms with Gasteiger partial charge >= 0.3 is 0 Å². The zero-order valence-electron chi connectivity index (χ0n) is 14.3. The van der Waals surface area contributed by atoms with Crippen LogP contribution in [0, 0.1) is 17.3 Å². The third-order valence-electron chi connectivity index (χ3n) is 5.99. The molecule has 4 aliphatic rings. The average molecular weight is 341 g/mol. The predicted octanol–water partition coefficient (Wildman–Crippen LogP) is 3.70. The van der Waals surface area contributed by atoms with Gasteiger partial charge in [-0.05, 0) is 11.1 Å². The summed E-state index contributed by atoms with van der Waals surface area (Å²) in [5.41, 5.74) is 1.28. The zero-order valence-corrected chi connectivity index (χ0v) is 14.3. The van der Waals surface area contributed by atoms with Gasteiger partial charge in [-0.15, -0.1) is 0 Å². The summed E-state index contributed by atoms with van der Waals surface area (Å²) in [7, 11) is 0. The molecule has 0 aromatic heterocycles. The molecular weight excluding hydrogens is 322 g/mol. The standard InChI is InChI=1S/C23H19NO2/c25-21-20-19(17-9-5-2-6-10-17)18-11-13-23(20,14-12-18)22(26)24(21)15-16-7-3-1-4-8-16/h1-14,18-20H,15H2/t18?,19-,20-,23?/m1/s1. The highest BCUT2D eigenvalue weighted by atomic mass is 16.2. The van der Waals surface area contributed by atoms with Crippen molar-refractivity contribution in [3.8, 4) is 0 Å². The first-order chi connectivity index (χ1) is 12.7. The summed E-state index contributed by atoms with van der Waals surface area (Å²) in [5.74, 6) is -0.309. The van der Waals surface area contributed by atoms with Gasteiger partial charge in [0.2, 0.25) is 11.8 Å². The van der Waals surface area contributed by atoms with Crippen molar-refractivity contribution in [2.75, 3.05) is 0 Å². The highest BCUT2D eigenvalue weighted by molar-refractivity contribution is 6.10. The van der Waals surface area contributed by atoms with Crippen molar-refractivity contribution in [3.63, 3.8) is 0 Å². The highest BCUT2D eigenvalue weighted by Gasteiger charge is 2.63. The van der Waals surface area contributed by atoms with E-state index in [4.69, 9.17) is 0 Å². The summed E-state index contributed by atoms with van der Waals surface area (Å²) in [6.45, 7) is 0.338. The van der Waals surface area contributed by atoms with Crippen LogP contribution >= 0.6 is 0 Å². The first-order valence-corrected chi connectivity index (χ1v) is 9.04. The molecule has 2 amide bonds. The molecule has 6 rings (SSSR count). The van der Waals surface area contributed by atoms with Crippen LogP contribution in [-0.2, 0) is 16.1 Å². The second-order valence-corrected chi connectivity index (χ2v) is 7.36. The largest absolute Gasteiger partial charge is 0.277 e. The Hall–Kier alpha value is -2.94. The lowest BCUT2D eigenvalue weighted by atomic mass is 9.57. The van der Waals surface area contributed by atoms with Gasteiger partial charge in [-0.1, -0.05) is 85.0 Å². The maximum Gasteiger partial charge on any atom is 0.244 e. The Kier molecular flexibility index (Phi) is 3.26. The number of carbonyl (C=O) groups excluding carboxylic acids is 2. The number of hydrogen-bond donors (Lipinski definition) is 0. The van der Waals surface area contributed by atoms with Gasteiger partial charge in [-0.3, -0.25) is 14.5 Å². The molecule has 1 aliphatic heterocycles. The lowest BCUT2D eigenvalue weighted by Crippen LogP contribution is -2.42. The number of nitrogens with zero attached hydrogens (tertiary/aromatic N) is 1. The Balaban J connectivity index is 1.58. The van der Waals surface area contributed by atoms with Crippen molar-refractivity contribution in [3.05, 3.63) is 96.1 Å². The van der Waals surface area contributed by atoms with Gasteiger partial charge in [-0.2, -0.15) is 0 Å². The molecule has 2 aromatic rings. The minimum absolute atomic E-state index is 0.0171. The van der Waals surface area contributed by atoms with Crippen LogP contribution in [-0.4, -0.2) is 16.7 Å². The summed E-state index contributed by atoms with van der Waals surface area (Å²) < 4.78 is 0. The van der Waals surface area contributed by atoms with Gasteiger partial charge in [0.25, 0.3) is 0 Å². The molecule has 1 spiro atoms. The quantitative estimate of drug-likeness (QED) is 0.631. The number of rotatable bonds is 3. The summed E-state index contributed by atoms with van der Waals surface area (Å²) in [6, 6.07) is 19.8. The third kappa shape index (κ3) is 2.00. The lowest BCUT2D eigenvalue weighted by Gasteiger charge is -2.42. The summed E-state index contributed by atoms with van der Waals surface area (Å²) in [4.78, 5) is 28.1. The molecule has 0 unspecified atom stereocenters. The van der Waals surface area contributed by atoms with Gasteiger partial charge in [0.1, 0.15) is 0 Å². The number of allylic oxidation sites excluding steroid dienone is 2. The Bertz CT molecular complexity index is 915. The van der Waals surface area contributed by atoms with E-state index in [2.05, 4.69) is 24.3 Å². The molecule has 2 bridgehead atoms. The normalized spacial score (nSPS) is 31.5. The van der Waals surface area contributed by atoms with Crippen LogP contribution < -0.4 is 0 Å². The molecule has 26 heavy (non-hydrogen) atoms. The van der Waals surface area contributed by atoms with E-state index >= 15 is 0 Å². The number of amides is 2. The molecule has 3 heteroatoms. The van der Waals surface area contributed by atoms with Crippen LogP contribution in [0.3, 0.4) is 0 Å². The summed E-state index contributed by atoms with van der Waals surface area (Å²) in [5, 5.41) is 0. The number of imide groups is 1. The molecule has 3 nitrogen and oxygen atoms in total. The maximum absolute atomic E-state index is 13.4. The van der Waals surface area contributed by atoms with Crippen LogP contribution in [0.2, 0.25) is 0 Å². The van der Waals surface area contributed by atoms with Gasteiger partial charge in [0.15, 0.2) is 0 Å².